The first-order valence-corrected chi connectivity index (χ1v) is 10.3. The third-order valence-corrected chi connectivity index (χ3v) is 6.69. The Hall–Kier alpha value is -2.18. The highest BCUT2D eigenvalue weighted by atomic mass is 32.1. The number of aromatic nitrogens is 2. The molecule has 4 rings (SSSR count). The molecule has 1 aliphatic carbocycles. The topological polar surface area (TPSA) is 58.2 Å². The molecular formula is C21H25N3O2S. The maximum absolute atomic E-state index is 12.7. The van der Waals surface area contributed by atoms with E-state index in [1.165, 1.54) is 16.0 Å². The summed E-state index contributed by atoms with van der Waals surface area (Å²) in [5.41, 5.74) is 2.43. The molecule has 0 aliphatic heterocycles. The Labute approximate surface area is 163 Å². The van der Waals surface area contributed by atoms with Crippen LogP contribution in [0.15, 0.2) is 29.1 Å². The zero-order chi connectivity index (χ0) is 19.0. The van der Waals surface area contributed by atoms with Crippen molar-refractivity contribution in [3.63, 3.8) is 0 Å². The number of fused-ring (bicyclic) bond motifs is 3. The average Bonchev–Trinajstić information content (AvgIpc) is 3.26. The number of aromatic amines is 1. The van der Waals surface area contributed by atoms with Crippen LogP contribution in [0.25, 0.3) is 10.2 Å². The van der Waals surface area contributed by atoms with E-state index in [0.717, 1.165) is 47.6 Å². The smallest absolute Gasteiger partial charge is 0.259 e. The molecule has 0 bridgehead atoms. The number of benzene rings is 1. The third-order valence-electron chi connectivity index (χ3n) is 5.51. The molecule has 142 valence electrons. The summed E-state index contributed by atoms with van der Waals surface area (Å²) >= 11 is 1.69. The van der Waals surface area contributed by atoms with Crippen LogP contribution in [-0.4, -0.2) is 28.5 Å². The average molecular weight is 384 g/mol. The van der Waals surface area contributed by atoms with Crippen LogP contribution in [0.5, 0.6) is 5.75 Å². The summed E-state index contributed by atoms with van der Waals surface area (Å²) in [6.45, 7) is 5.78. The summed E-state index contributed by atoms with van der Waals surface area (Å²) in [6.07, 6.45) is 3.24. The molecule has 5 nitrogen and oxygen atoms in total. The van der Waals surface area contributed by atoms with Crippen molar-refractivity contribution in [2.45, 2.75) is 45.7 Å². The molecule has 6 heteroatoms. The Balaban J connectivity index is 1.62. The van der Waals surface area contributed by atoms with Gasteiger partial charge in [-0.3, -0.25) is 9.69 Å². The van der Waals surface area contributed by atoms with Crippen LogP contribution in [0.1, 0.15) is 48.1 Å². The highest BCUT2D eigenvalue weighted by Crippen LogP contribution is 2.34. The van der Waals surface area contributed by atoms with E-state index >= 15 is 0 Å². The molecule has 0 radical (unpaired) electrons. The number of aryl methyl sites for hydroxylation is 2. The zero-order valence-electron chi connectivity index (χ0n) is 16.0. The number of ether oxygens (including phenoxy) is 1. The number of hydrogen-bond acceptors (Lipinski definition) is 5. The molecule has 2 aromatic heterocycles. The number of nitrogens with zero attached hydrogens (tertiary/aromatic N) is 2. The largest absolute Gasteiger partial charge is 0.497 e. The fourth-order valence-electron chi connectivity index (χ4n) is 3.95. The molecule has 0 amide bonds. The van der Waals surface area contributed by atoms with Gasteiger partial charge in [0.1, 0.15) is 16.4 Å². The molecule has 0 fully saturated rings. The van der Waals surface area contributed by atoms with E-state index in [1.54, 1.807) is 18.4 Å². The van der Waals surface area contributed by atoms with E-state index in [-0.39, 0.29) is 11.6 Å². The van der Waals surface area contributed by atoms with Crippen LogP contribution < -0.4 is 10.3 Å². The number of rotatable bonds is 6. The zero-order valence-corrected chi connectivity index (χ0v) is 16.9. The highest BCUT2D eigenvalue weighted by Gasteiger charge is 2.22. The van der Waals surface area contributed by atoms with E-state index < -0.39 is 0 Å². The van der Waals surface area contributed by atoms with Crippen molar-refractivity contribution in [2.24, 2.45) is 0 Å². The first-order valence-electron chi connectivity index (χ1n) is 9.52. The lowest BCUT2D eigenvalue weighted by Gasteiger charge is -2.27. The minimum atomic E-state index is 0.0134. The predicted octanol–water partition coefficient (Wildman–Crippen LogP) is 4.07. The molecule has 3 aromatic rings. The summed E-state index contributed by atoms with van der Waals surface area (Å²) in [5, 5.41) is 0.820. The second kappa shape index (κ2) is 7.44. The second-order valence-corrected chi connectivity index (χ2v) is 8.15. The molecule has 0 saturated carbocycles. The Morgan fingerprint density at radius 2 is 2.22 bits per heavy atom. The fraction of sp³-hybridized carbons (Fsp3) is 0.429. The van der Waals surface area contributed by atoms with Gasteiger partial charge < -0.3 is 9.72 Å². The Morgan fingerprint density at radius 3 is 3.00 bits per heavy atom. The summed E-state index contributed by atoms with van der Waals surface area (Å²) in [7, 11) is 1.68. The highest BCUT2D eigenvalue weighted by molar-refractivity contribution is 7.18. The van der Waals surface area contributed by atoms with Gasteiger partial charge in [-0.15, -0.1) is 11.3 Å². The Kier molecular flexibility index (Phi) is 5.02. The first kappa shape index (κ1) is 18.2. The molecule has 0 unspecified atom stereocenters. The molecule has 27 heavy (non-hydrogen) atoms. The SMILES string of the molecule is CCN(Cc1nc2sc3c(c2c(=O)[nH]1)CCC3)[C@H](C)c1cccc(OC)c1. The Bertz CT molecular complexity index is 1020. The number of H-pyrrole nitrogens is 1. The lowest BCUT2D eigenvalue weighted by Crippen LogP contribution is -2.28. The number of methoxy groups -OCH3 is 1. The molecule has 0 spiro atoms. The number of thiophene rings is 1. The van der Waals surface area contributed by atoms with Gasteiger partial charge in [-0.05, 0) is 56.0 Å². The van der Waals surface area contributed by atoms with Crippen LogP contribution in [-0.2, 0) is 19.4 Å². The normalized spacial score (nSPS) is 14.7. The van der Waals surface area contributed by atoms with Gasteiger partial charge in [0, 0.05) is 10.9 Å². The van der Waals surface area contributed by atoms with Gasteiger partial charge in [-0.2, -0.15) is 0 Å². The van der Waals surface area contributed by atoms with Gasteiger partial charge in [-0.25, -0.2) is 4.98 Å². The van der Waals surface area contributed by atoms with Crippen LogP contribution in [0.3, 0.4) is 0 Å². The molecular weight excluding hydrogens is 358 g/mol. The molecule has 1 N–H and O–H groups in total. The van der Waals surface area contributed by atoms with Crippen molar-refractivity contribution >= 4 is 21.6 Å². The summed E-state index contributed by atoms with van der Waals surface area (Å²) in [6, 6.07) is 8.34. The van der Waals surface area contributed by atoms with Gasteiger partial charge in [0.2, 0.25) is 0 Å². The molecule has 0 saturated heterocycles. The summed E-state index contributed by atoms with van der Waals surface area (Å²) in [5.74, 6) is 1.60. The molecule has 1 atom stereocenters. The van der Waals surface area contributed by atoms with Gasteiger partial charge in [0.15, 0.2) is 0 Å². The minimum absolute atomic E-state index is 0.0134. The van der Waals surface area contributed by atoms with E-state index in [1.807, 2.05) is 12.1 Å². The summed E-state index contributed by atoms with van der Waals surface area (Å²) < 4.78 is 5.35. The quantitative estimate of drug-likeness (QED) is 0.697. The maximum atomic E-state index is 12.7. The van der Waals surface area contributed by atoms with Gasteiger partial charge in [0.25, 0.3) is 5.56 Å². The number of nitrogens with one attached hydrogen (secondary N) is 1. The third kappa shape index (κ3) is 3.39. The second-order valence-electron chi connectivity index (χ2n) is 7.07. The van der Waals surface area contributed by atoms with Gasteiger partial charge >= 0.3 is 0 Å². The lowest BCUT2D eigenvalue weighted by molar-refractivity contribution is 0.207. The van der Waals surface area contributed by atoms with Crippen molar-refractivity contribution in [2.75, 3.05) is 13.7 Å². The van der Waals surface area contributed by atoms with E-state index in [9.17, 15) is 4.79 Å². The Morgan fingerprint density at radius 1 is 1.37 bits per heavy atom. The first-order chi connectivity index (χ1) is 13.1. The van der Waals surface area contributed by atoms with Crippen molar-refractivity contribution in [3.05, 3.63) is 56.4 Å². The fourth-order valence-corrected chi connectivity index (χ4v) is 5.23. The van der Waals surface area contributed by atoms with Crippen LogP contribution >= 0.6 is 11.3 Å². The lowest BCUT2D eigenvalue weighted by atomic mass is 10.1. The van der Waals surface area contributed by atoms with E-state index in [4.69, 9.17) is 9.72 Å². The van der Waals surface area contributed by atoms with Gasteiger partial charge in [0.05, 0.1) is 19.0 Å². The van der Waals surface area contributed by atoms with Crippen molar-refractivity contribution in [1.29, 1.82) is 0 Å². The predicted molar refractivity (Wildman–Crippen MR) is 110 cm³/mol. The van der Waals surface area contributed by atoms with E-state index in [0.29, 0.717) is 6.54 Å². The molecule has 2 heterocycles. The van der Waals surface area contributed by atoms with Crippen molar-refractivity contribution < 1.29 is 4.74 Å². The van der Waals surface area contributed by atoms with Crippen LogP contribution in [0.4, 0.5) is 0 Å². The minimum Gasteiger partial charge on any atom is -0.497 e. The molecule has 1 aliphatic rings. The molecule has 1 aromatic carbocycles. The van der Waals surface area contributed by atoms with Crippen LogP contribution in [0.2, 0.25) is 0 Å². The standard InChI is InChI=1S/C21H25N3O2S/c1-4-24(13(2)14-7-5-8-15(11-14)26-3)12-18-22-20(25)19-16-9-6-10-17(16)27-21(19)23-18/h5,7-8,11,13H,4,6,9-10,12H2,1-3H3,(H,22,23,25)/t13-/m1/s1. The van der Waals surface area contributed by atoms with Crippen molar-refractivity contribution in [3.8, 4) is 5.75 Å². The van der Waals surface area contributed by atoms with Crippen molar-refractivity contribution in [1.82, 2.24) is 14.9 Å². The maximum Gasteiger partial charge on any atom is 0.259 e. The monoisotopic (exact) mass is 383 g/mol. The number of hydrogen-bond donors (Lipinski definition) is 1. The summed E-state index contributed by atoms with van der Waals surface area (Å²) in [4.78, 5) is 25.1. The van der Waals surface area contributed by atoms with E-state index in [2.05, 4.69) is 35.9 Å². The van der Waals surface area contributed by atoms with Gasteiger partial charge in [-0.1, -0.05) is 19.1 Å². The van der Waals surface area contributed by atoms with Crippen LogP contribution in [0, 0.1) is 0 Å².